The summed E-state index contributed by atoms with van der Waals surface area (Å²) in [6.45, 7) is 4.60. The van der Waals surface area contributed by atoms with Gasteiger partial charge in [-0.3, -0.25) is 0 Å². The molecule has 24 heavy (non-hydrogen) atoms. The second-order valence-corrected chi connectivity index (χ2v) is 8.71. The van der Waals surface area contributed by atoms with Crippen molar-refractivity contribution in [2.75, 3.05) is 26.2 Å². The third-order valence-electron chi connectivity index (χ3n) is 5.48. The molecule has 2 aliphatic heterocycles. The highest BCUT2D eigenvalue weighted by atomic mass is 32.2. The van der Waals surface area contributed by atoms with E-state index in [1.54, 1.807) is 12.1 Å². The van der Waals surface area contributed by atoms with Crippen LogP contribution in [-0.2, 0) is 16.4 Å². The van der Waals surface area contributed by atoms with Gasteiger partial charge in [-0.15, -0.1) is 0 Å². The molecular weight excluding hydrogens is 322 g/mol. The zero-order valence-corrected chi connectivity index (χ0v) is 15.1. The van der Waals surface area contributed by atoms with Crippen LogP contribution in [0.3, 0.4) is 0 Å². The third-order valence-corrected chi connectivity index (χ3v) is 6.41. The molecule has 0 saturated carbocycles. The van der Waals surface area contributed by atoms with Gasteiger partial charge in [-0.1, -0.05) is 18.6 Å². The summed E-state index contributed by atoms with van der Waals surface area (Å²) >= 11 is 0. The van der Waals surface area contributed by atoms with Gasteiger partial charge < -0.3 is 10.2 Å². The van der Waals surface area contributed by atoms with E-state index in [1.165, 1.54) is 45.2 Å². The number of fused-ring (bicyclic) bond motifs is 1. The summed E-state index contributed by atoms with van der Waals surface area (Å²) in [5.41, 5.74) is 1.14. The number of benzene rings is 1. The van der Waals surface area contributed by atoms with E-state index < -0.39 is 10.0 Å². The molecule has 0 amide bonds. The smallest absolute Gasteiger partial charge is 0.238 e. The first kappa shape index (κ1) is 17.9. The van der Waals surface area contributed by atoms with Crippen molar-refractivity contribution >= 4 is 10.0 Å². The van der Waals surface area contributed by atoms with Crippen molar-refractivity contribution in [1.29, 1.82) is 0 Å². The minimum Gasteiger partial charge on any atom is -0.316 e. The molecule has 2 atom stereocenters. The van der Waals surface area contributed by atoms with Crippen molar-refractivity contribution in [1.82, 2.24) is 10.2 Å². The van der Waals surface area contributed by atoms with Gasteiger partial charge in [0.2, 0.25) is 10.0 Å². The van der Waals surface area contributed by atoms with E-state index in [0.29, 0.717) is 0 Å². The van der Waals surface area contributed by atoms with E-state index in [-0.39, 0.29) is 4.90 Å². The van der Waals surface area contributed by atoms with Crippen molar-refractivity contribution in [3.63, 3.8) is 0 Å². The predicted molar refractivity (Wildman–Crippen MR) is 96.3 cm³/mol. The van der Waals surface area contributed by atoms with Crippen LogP contribution in [0.25, 0.3) is 0 Å². The number of nitrogens with zero attached hydrogens (tertiary/aromatic N) is 1. The van der Waals surface area contributed by atoms with Crippen LogP contribution in [0.5, 0.6) is 0 Å². The number of nitrogens with one attached hydrogen (secondary N) is 1. The van der Waals surface area contributed by atoms with E-state index in [2.05, 4.69) is 10.2 Å². The first-order valence-electron chi connectivity index (χ1n) is 9.10. The first-order valence-corrected chi connectivity index (χ1v) is 10.7. The predicted octanol–water partition coefficient (Wildman–Crippen LogP) is 1.73. The Hall–Kier alpha value is -0.950. The molecule has 5 nitrogen and oxygen atoms in total. The Kier molecular flexibility index (Phi) is 5.92. The summed E-state index contributed by atoms with van der Waals surface area (Å²) in [6, 6.07) is 7.67. The van der Waals surface area contributed by atoms with Crippen LogP contribution < -0.4 is 10.5 Å². The molecule has 0 radical (unpaired) electrons. The molecule has 2 saturated heterocycles. The highest BCUT2D eigenvalue weighted by Crippen LogP contribution is 2.30. The number of hydrogen-bond donors (Lipinski definition) is 2. The Balaban J connectivity index is 1.43. The maximum Gasteiger partial charge on any atom is 0.238 e. The second kappa shape index (κ2) is 7.95. The van der Waals surface area contributed by atoms with E-state index in [0.717, 1.165) is 37.0 Å². The molecule has 1 aromatic carbocycles. The van der Waals surface area contributed by atoms with Gasteiger partial charge >= 0.3 is 0 Å². The first-order chi connectivity index (χ1) is 11.5. The molecule has 3 rings (SSSR count). The number of nitrogens with two attached hydrogens (primary N) is 1. The lowest BCUT2D eigenvalue weighted by Gasteiger charge is -2.44. The quantitative estimate of drug-likeness (QED) is 0.766. The Morgan fingerprint density at radius 1 is 1.08 bits per heavy atom. The maximum absolute atomic E-state index is 11.3. The number of primary sulfonamides is 1. The topological polar surface area (TPSA) is 75.4 Å². The molecule has 2 heterocycles. The monoisotopic (exact) mass is 351 g/mol. The van der Waals surface area contributed by atoms with E-state index >= 15 is 0 Å². The van der Waals surface area contributed by atoms with Gasteiger partial charge in [0, 0.05) is 6.04 Å². The molecule has 0 aliphatic carbocycles. The summed E-state index contributed by atoms with van der Waals surface area (Å²) in [4.78, 5) is 2.88. The van der Waals surface area contributed by atoms with Crippen LogP contribution in [0, 0.1) is 5.92 Å². The van der Waals surface area contributed by atoms with Gasteiger partial charge in [-0.05, 0) is 81.9 Å². The fourth-order valence-electron chi connectivity index (χ4n) is 4.18. The molecule has 2 aliphatic rings. The van der Waals surface area contributed by atoms with Crippen molar-refractivity contribution in [3.05, 3.63) is 29.8 Å². The summed E-state index contributed by atoms with van der Waals surface area (Å²) in [5.74, 6) is 0.781. The molecule has 2 fully saturated rings. The van der Waals surface area contributed by atoms with Crippen LogP contribution in [0.15, 0.2) is 29.2 Å². The van der Waals surface area contributed by atoms with Gasteiger partial charge in [0.25, 0.3) is 0 Å². The highest BCUT2D eigenvalue weighted by molar-refractivity contribution is 7.89. The Bertz CT molecular complexity index is 628. The number of sulfonamides is 1. The van der Waals surface area contributed by atoms with Crippen molar-refractivity contribution in [2.45, 2.75) is 49.5 Å². The second-order valence-electron chi connectivity index (χ2n) is 7.14. The van der Waals surface area contributed by atoms with E-state index in [1.807, 2.05) is 12.1 Å². The van der Waals surface area contributed by atoms with Gasteiger partial charge in [0.1, 0.15) is 0 Å². The molecule has 134 valence electrons. The minimum atomic E-state index is -3.59. The van der Waals surface area contributed by atoms with Gasteiger partial charge in [-0.2, -0.15) is 0 Å². The molecule has 3 N–H and O–H groups in total. The van der Waals surface area contributed by atoms with Crippen molar-refractivity contribution < 1.29 is 8.42 Å². The van der Waals surface area contributed by atoms with Crippen LogP contribution in [-0.4, -0.2) is 45.5 Å². The number of hydrogen-bond acceptors (Lipinski definition) is 4. The lowest BCUT2D eigenvalue weighted by Crippen LogP contribution is -2.50. The molecular formula is C18H29N3O2S. The minimum absolute atomic E-state index is 0.179. The van der Waals surface area contributed by atoms with Crippen LogP contribution in [0.1, 0.15) is 37.7 Å². The summed E-state index contributed by atoms with van der Waals surface area (Å²) in [7, 11) is -3.59. The average molecular weight is 352 g/mol. The fraction of sp³-hybridized carbons (Fsp3) is 0.667. The summed E-state index contributed by atoms with van der Waals surface area (Å²) in [6.07, 6.45) is 7.70. The Morgan fingerprint density at radius 3 is 2.58 bits per heavy atom. The zero-order chi connectivity index (χ0) is 17.0. The highest BCUT2D eigenvalue weighted by Gasteiger charge is 2.32. The van der Waals surface area contributed by atoms with E-state index in [9.17, 15) is 8.42 Å². The molecule has 0 spiro atoms. The zero-order valence-electron chi connectivity index (χ0n) is 14.3. The molecule has 1 aromatic rings. The Morgan fingerprint density at radius 2 is 1.83 bits per heavy atom. The van der Waals surface area contributed by atoms with Gasteiger partial charge in [0.15, 0.2) is 0 Å². The van der Waals surface area contributed by atoms with Crippen LogP contribution in [0.4, 0.5) is 0 Å². The van der Waals surface area contributed by atoms with E-state index in [4.69, 9.17) is 5.14 Å². The van der Waals surface area contributed by atoms with Gasteiger partial charge in [-0.25, -0.2) is 13.6 Å². The molecule has 0 unspecified atom stereocenters. The molecule has 0 bridgehead atoms. The average Bonchev–Trinajstić information content (AvgIpc) is 2.58. The SMILES string of the molecule is NS(=O)(=O)c1ccc(CCNC[C@@H]2CCCN3CCCC[C@H]23)cc1. The van der Waals surface area contributed by atoms with Crippen LogP contribution >= 0.6 is 0 Å². The lowest BCUT2D eigenvalue weighted by atomic mass is 9.83. The van der Waals surface area contributed by atoms with Crippen molar-refractivity contribution in [3.8, 4) is 0 Å². The lowest BCUT2D eigenvalue weighted by molar-refractivity contribution is 0.0596. The summed E-state index contributed by atoms with van der Waals surface area (Å²) < 4.78 is 22.5. The Labute approximate surface area is 145 Å². The number of piperidine rings is 2. The largest absolute Gasteiger partial charge is 0.316 e. The molecule has 6 heteroatoms. The van der Waals surface area contributed by atoms with Crippen molar-refractivity contribution in [2.24, 2.45) is 11.1 Å². The summed E-state index contributed by atoms with van der Waals surface area (Å²) in [5, 5.41) is 8.73. The normalized spacial score (nSPS) is 25.4. The third kappa shape index (κ3) is 4.57. The standard InChI is InChI=1S/C18H29N3O2S/c19-24(22,23)17-8-6-15(7-9-17)10-11-20-14-16-4-3-13-21-12-2-1-5-18(16)21/h6-9,16,18,20H,1-5,10-14H2,(H2,19,22,23)/t16-,18+/m0/s1. The molecule has 0 aromatic heterocycles. The van der Waals surface area contributed by atoms with Crippen LogP contribution in [0.2, 0.25) is 0 Å². The fourth-order valence-corrected chi connectivity index (χ4v) is 4.70. The van der Waals surface area contributed by atoms with Gasteiger partial charge in [0.05, 0.1) is 4.90 Å². The number of rotatable bonds is 6. The maximum atomic E-state index is 11.3.